The van der Waals surface area contributed by atoms with Gasteiger partial charge in [-0.1, -0.05) is 19.3 Å². The van der Waals surface area contributed by atoms with Crippen LogP contribution < -0.4 is 10.2 Å². The molecule has 0 aromatic heterocycles. The molecule has 120 valence electrons. The molecule has 1 amide bonds. The van der Waals surface area contributed by atoms with Gasteiger partial charge in [-0.3, -0.25) is 4.79 Å². The Morgan fingerprint density at radius 3 is 2.43 bits per heavy atom. The molecule has 0 atom stereocenters. The van der Waals surface area contributed by atoms with E-state index in [1.54, 1.807) is 4.90 Å². The quantitative estimate of drug-likeness (QED) is 0.688. The number of quaternary nitrogens is 1. The van der Waals surface area contributed by atoms with Crippen LogP contribution in [0.4, 0.5) is 0 Å². The number of nitrogens with zero attached hydrogens (tertiary/aromatic N) is 2. The molecule has 1 aliphatic heterocycles. The molecule has 2 rings (SSSR count). The van der Waals surface area contributed by atoms with Crippen LogP contribution >= 0.6 is 12.2 Å². The van der Waals surface area contributed by atoms with Crippen molar-refractivity contribution in [2.45, 2.75) is 38.1 Å². The van der Waals surface area contributed by atoms with Crippen LogP contribution in [0.1, 0.15) is 32.1 Å². The number of carbonyl (C=O) groups is 1. The van der Waals surface area contributed by atoms with Gasteiger partial charge in [0.15, 0.2) is 11.7 Å². The maximum absolute atomic E-state index is 11.7. The molecule has 1 aliphatic carbocycles. The number of carbonyl (C=O) groups excluding carboxylic acids is 1. The maximum atomic E-state index is 11.7. The van der Waals surface area contributed by atoms with Crippen LogP contribution in [-0.2, 0) is 4.79 Å². The molecule has 2 fully saturated rings. The lowest BCUT2D eigenvalue weighted by molar-refractivity contribution is -0.896. The number of hydrogen-bond donors (Lipinski definition) is 2. The average molecular weight is 313 g/mol. The van der Waals surface area contributed by atoms with Crippen LogP contribution in [0.15, 0.2) is 0 Å². The molecule has 5 nitrogen and oxygen atoms in total. The van der Waals surface area contributed by atoms with E-state index < -0.39 is 0 Å². The summed E-state index contributed by atoms with van der Waals surface area (Å²) >= 11 is 5.55. The normalized spacial score (nSPS) is 21.1. The molecule has 21 heavy (non-hydrogen) atoms. The first kappa shape index (κ1) is 16.5. The molecule has 0 bridgehead atoms. The lowest BCUT2D eigenvalue weighted by Gasteiger charge is -2.35. The van der Waals surface area contributed by atoms with E-state index in [4.69, 9.17) is 12.2 Å². The minimum Gasteiger partial charge on any atom is -0.360 e. The Morgan fingerprint density at radius 2 is 1.86 bits per heavy atom. The molecular weight excluding hydrogens is 284 g/mol. The van der Waals surface area contributed by atoms with Crippen LogP contribution in [0, 0.1) is 0 Å². The van der Waals surface area contributed by atoms with E-state index in [1.807, 2.05) is 14.1 Å². The number of nitrogens with one attached hydrogen (secondary N) is 2. The first-order chi connectivity index (χ1) is 10.1. The molecule has 0 unspecified atom stereocenters. The number of likely N-dealkylation sites (N-methyl/N-ethyl adjacent to an activating group) is 1. The molecule has 1 saturated heterocycles. The zero-order valence-corrected chi connectivity index (χ0v) is 14.2. The Morgan fingerprint density at radius 1 is 1.24 bits per heavy atom. The van der Waals surface area contributed by atoms with Crippen molar-refractivity contribution in [2.24, 2.45) is 0 Å². The second kappa shape index (κ2) is 7.94. The lowest BCUT2D eigenvalue weighted by Crippen LogP contribution is -3.15. The number of piperazine rings is 1. The molecule has 0 spiro atoms. The highest BCUT2D eigenvalue weighted by atomic mass is 32.1. The maximum Gasteiger partial charge on any atom is 0.277 e. The SMILES string of the molecule is CN(C)C(=O)C[NH+]1CCN(C(=S)NC2CCCCC2)CC1. The van der Waals surface area contributed by atoms with Crippen LogP contribution in [0.25, 0.3) is 0 Å². The van der Waals surface area contributed by atoms with Crippen LogP contribution in [0.2, 0.25) is 0 Å². The predicted molar refractivity (Wildman–Crippen MR) is 88.4 cm³/mol. The van der Waals surface area contributed by atoms with Crippen molar-refractivity contribution in [3.05, 3.63) is 0 Å². The van der Waals surface area contributed by atoms with Gasteiger partial charge in [0.05, 0.1) is 26.2 Å². The summed E-state index contributed by atoms with van der Waals surface area (Å²) in [6, 6.07) is 0.576. The van der Waals surface area contributed by atoms with Gasteiger partial charge >= 0.3 is 0 Å². The minimum absolute atomic E-state index is 0.210. The Hall–Kier alpha value is -0.880. The highest BCUT2D eigenvalue weighted by Crippen LogP contribution is 2.17. The third-order valence-corrected chi connectivity index (χ3v) is 4.97. The molecule has 1 saturated carbocycles. The van der Waals surface area contributed by atoms with Crippen molar-refractivity contribution in [3.8, 4) is 0 Å². The number of rotatable bonds is 3. The third kappa shape index (κ3) is 5.11. The molecule has 2 aliphatic rings. The van der Waals surface area contributed by atoms with Crippen molar-refractivity contribution in [3.63, 3.8) is 0 Å². The van der Waals surface area contributed by atoms with Gasteiger partial charge in [-0.15, -0.1) is 0 Å². The van der Waals surface area contributed by atoms with E-state index in [0.717, 1.165) is 31.3 Å². The molecule has 1 heterocycles. The monoisotopic (exact) mass is 313 g/mol. The van der Waals surface area contributed by atoms with E-state index in [2.05, 4.69) is 10.2 Å². The fraction of sp³-hybridized carbons (Fsp3) is 0.867. The Labute approximate surface area is 133 Å². The van der Waals surface area contributed by atoms with Gasteiger partial charge in [-0.25, -0.2) is 0 Å². The predicted octanol–water partition coefficient (Wildman–Crippen LogP) is -0.518. The van der Waals surface area contributed by atoms with Crippen LogP contribution in [0.5, 0.6) is 0 Å². The van der Waals surface area contributed by atoms with Gasteiger partial charge in [0.1, 0.15) is 0 Å². The smallest absolute Gasteiger partial charge is 0.277 e. The molecule has 6 heteroatoms. The Kier molecular flexibility index (Phi) is 6.23. The van der Waals surface area contributed by atoms with Crippen molar-refractivity contribution in [1.29, 1.82) is 0 Å². The van der Waals surface area contributed by atoms with Gasteiger partial charge < -0.3 is 20.0 Å². The number of thiocarbonyl (C=S) groups is 1. The zero-order chi connectivity index (χ0) is 15.2. The van der Waals surface area contributed by atoms with Crippen LogP contribution in [0.3, 0.4) is 0 Å². The third-order valence-electron chi connectivity index (χ3n) is 4.59. The first-order valence-corrected chi connectivity index (χ1v) is 8.56. The minimum atomic E-state index is 0.210. The summed E-state index contributed by atoms with van der Waals surface area (Å²) in [5, 5.41) is 4.45. The Balaban J connectivity index is 1.70. The number of amides is 1. The topological polar surface area (TPSA) is 40.0 Å². The highest BCUT2D eigenvalue weighted by molar-refractivity contribution is 7.80. The summed E-state index contributed by atoms with van der Waals surface area (Å²) in [5.41, 5.74) is 0. The van der Waals surface area contributed by atoms with Crippen molar-refractivity contribution in [2.75, 3.05) is 46.8 Å². The second-order valence-corrected chi connectivity index (χ2v) is 6.87. The van der Waals surface area contributed by atoms with Crippen LogP contribution in [-0.4, -0.2) is 73.7 Å². The molecule has 2 N–H and O–H groups in total. The van der Waals surface area contributed by atoms with E-state index in [0.29, 0.717) is 12.6 Å². The van der Waals surface area contributed by atoms with Crippen molar-refractivity contribution >= 4 is 23.2 Å². The average Bonchev–Trinajstić information content (AvgIpc) is 2.48. The van der Waals surface area contributed by atoms with Gasteiger partial charge in [0.2, 0.25) is 0 Å². The van der Waals surface area contributed by atoms with Crippen molar-refractivity contribution in [1.82, 2.24) is 15.1 Å². The summed E-state index contributed by atoms with van der Waals surface area (Å²) in [4.78, 5) is 17.1. The van der Waals surface area contributed by atoms with Gasteiger partial charge in [-0.2, -0.15) is 0 Å². The summed E-state index contributed by atoms with van der Waals surface area (Å²) in [7, 11) is 3.64. The van der Waals surface area contributed by atoms with Crippen molar-refractivity contribution < 1.29 is 9.69 Å². The first-order valence-electron chi connectivity index (χ1n) is 8.15. The fourth-order valence-electron chi connectivity index (χ4n) is 3.09. The summed E-state index contributed by atoms with van der Waals surface area (Å²) in [6.45, 7) is 4.49. The summed E-state index contributed by atoms with van der Waals surface area (Å²) < 4.78 is 0. The molecular formula is C15H29N4OS+. The molecule has 0 aromatic carbocycles. The van der Waals surface area contributed by atoms with Gasteiger partial charge in [-0.05, 0) is 25.1 Å². The second-order valence-electron chi connectivity index (χ2n) is 6.49. The summed E-state index contributed by atoms with van der Waals surface area (Å²) in [6.07, 6.45) is 6.52. The largest absolute Gasteiger partial charge is 0.360 e. The fourth-order valence-corrected chi connectivity index (χ4v) is 3.44. The van der Waals surface area contributed by atoms with E-state index in [-0.39, 0.29) is 5.91 Å². The Bertz CT molecular complexity index is 361. The van der Waals surface area contributed by atoms with Gasteiger partial charge in [0.25, 0.3) is 5.91 Å². The summed E-state index contributed by atoms with van der Waals surface area (Å²) in [5.74, 6) is 0.210. The van der Waals surface area contributed by atoms with E-state index >= 15 is 0 Å². The molecule has 0 aromatic rings. The number of hydrogen-bond acceptors (Lipinski definition) is 2. The highest BCUT2D eigenvalue weighted by Gasteiger charge is 2.25. The van der Waals surface area contributed by atoms with Gasteiger partial charge in [0, 0.05) is 20.1 Å². The standard InChI is InChI=1S/C15H28N4OS/c1-17(2)14(20)12-18-8-10-19(11-9-18)15(21)16-13-6-4-3-5-7-13/h13H,3-12H2,1-2H3,(H,16,21)/p+1. The molecule has 0 radical (unpaired) electrons. The van der Waals surface area contributed by atoms with E-state index in [9.17, 15) is 4.79 Å². The van der Waals surface area contributed by atoms with E-state index in [1.165, 1.54) is 37.0 Å². The lowest BCUT2D eigenvalue weighted by atomic mass is 9.96. The zero-order valence-electron chi connectivity index (χ0n) is 13.4.